The summed E-state index contributed by atoms with van der Waals surface area (Å²) >= 11 is 0. The van der Waals surface area contributed by atoms with Gasteiger partial charge in [0.05, 0.1) is 4.75 Å². The largest absolute Gasteiger partial charge is 0.374 e. The molecule has 8 heteroatoms. The van der Waals surface area contributed by atoms with Crippen LogP contribution in [-0.2, 0) is 14.8 Å². The Bertz CT molecular complexity index is 987. The highest BCUT2D eigenvalue weighted by molar-refractivity contribution is 7.90. The minimum atomic E-state index is -3.49. The summed E-state index contributed by atoms with van der Waals surface area (Å²) in [5.41, 5.74) is 2.48. The molecule has 0 bridgehead atoms. The zero-order valence-corrected chi connectivity index (χ0v) is 20.0. The second-order valence-electron chi connectivity index (χ2n) is 9.59. The molecule has 1 aromatic rings. The molecule has 1 saturated carbocycles. The van der Waals surface area contributed by atoms with Crippen LogP contribution in [0.2, 0.25) is 0 Å². The van der Waals surface area contributed by atoms with Crippen molar-refractivity contribution in [3.05, 3.63) is 53.3 Å². The maximum Gasteiger partial charge on any atom is 0.251 e. The summed E-state index contributed by atoms with van der Waals surface area (Å²) in [7, 11) is -3.49. The van der Waals surface area contributed by atoms with Crippen molar-refractivity contribution in [3.8, 4) is 0 Å². The van der Waals surface area contributed by atoms with E-state index in [1.165, 1.54) is 19.3 Å². The molecule has 1 atom stereocenters. The lowest BCUT2D eigenvalue weighted by molar-refractivity contribution is -0.113. The Morgan fingerprint density at radius 1 is 1.09 bits per heavy atom. The summed E-state index contributed by atoms with van der Waals surface area (Å²) in [6.07, 6.45) is 9.18. The zero-order valence-electron chi connectivity index (χ0n) is 19.1. The lowest BCUT2D eigenvalue weighted by Gasteiger charge is -2.26. The van der Waals surface area contributed by atoms with Crippen molar-refractivity contribution < 1.29 is 18.3 Å². The summed E-state index contributed by atoms with van der Waals surface area (Å²) in [6.45, 7) is 4.93. The van der Waals surface area contributed by atoms with Crippen LogP contribution in [0.1, 0.15) is 77.5 Å². The van der Waals surface area contributed by atoms with Crippen molar-refractivity contribution in [1.29, 1.82) is 0 Å². The van der Waals surface area contributed by atoms with E-state index in [1.807, 2.05) is 12.1 Å². The highest BCUT2D eigenvalue weighted by atomic mass is 32.2. The fourth-order valence-electron chi connectivity index (χ4n) is 3.82. The average molecular weight is 462 g/mol. The molecule has 0 radical (unpaired) electrons. The molecule has 1 amide bonds. The number of carbonyl (C=O) groups is 1. The number of aliphatic hydroxyl groups excluding tert-OH is 1. The summed E-state index contributed by atoms with van der Waals surface area (Å²) in [6, 6.07) is 7.54. The van der Waals surface area contributed by atoms with E-state index >= 15 is 0 Å². The summed E-state index contributed by atoms with van der Waals surface area (Å²) in [5.74, 6) is -0.231. The van der Waals surface area contributed by atoms with Crippen LogP contribution in [0.15, 0.2) is 47.7 Å². The first-order valence-corrected chi connectivity index (χ1v) is 12.8. The van der Waals surface area contributed by atoms with Crippen molar-refractivity contribution in [3.63, 3.8) is 0 Å². The van der Waals surface area contributed by atoms with Crippen LogP contribution in [0.4, 0.5) is 5.69 Å². The number of carbonyl (C=O) groups excluding carboxylic acids is 1. The van der Waals surface area contributed by atoms with Gasteiger partial charge in [-0.1, -0.05) is 37.5 Å². The Morgan fingerprint density at radius 3 is 2.44 bits per heavy atom. The quantitative estimate of drug-likeness (QED) is 0.461. The third-order valence-corrected chi connectivity index (χ3v) is 8.11. The van der Waals surface area contributed by atoms with Gasteiger partial charge in [-0.3, -0.25) is 14.8 Å². The minimum Gasteiger partial charge on any atom is -0.374 e. The van der Waals surface area contributed by atoms with Gasteiger partial charge in [0.2, 0.25) is 10.0 Å². The number of amides is 1. The molecule has 0 aromatic heterocycles. The van der Waals surface area contributed by atoms with Gasteiger partial charge in [-0.15, -0.1) is 0 Å². The second-order valence-corrected chi connectivity index (χ2v) is 12.0. The van der Waals surface area contributed by atoms with E-state index in [1.54, 1.807) is 45.1 Å². The molecule has 3 rings (SSSR count). The number of aliphatic hydroxyl groups is 1. The van der Waals surface area contributed by atoms with Gasteiger partial charge < -0.3 is 10.4 Å². The van der Waals surface area contributed by atoms with E-state index in [0.717, 1.165) is 12.8 Å². The first-order valence-electron chi connectivity index (χ1n) is 11.3. The third kappa shape index (κ3) is 6.43. The van der Waals surface area contributed by atoms with Gasteiger partial charge in [-0.2, -0.15) is 0 Å². The number of allylic oxidation sites excluding steroid dienone is 3. The molecule has 7 nitrogen and oxygen atoms in total. The van der Waals surface area contributed by atoms with Crippen molar-refractivity contribution in [2.24, 2.45) is 0 Å². The van der Waals surface area contributed by atoms with Crippen LogP contribution >= 0.6 is 0 Å². The highest BCUT2D eigenvalue weighted by Crippen LogP contribution is 2.24. The summed E-state index contributed by atoms with van der Waals surface area (Å²) in [5, 5.41) is 16.7. The molecule has 4 N–H and O–H groups in total. The standard InChI is InChI=1S/C24H35N3O4S/c1-24(2,3)32(30,31)27-20-14-12-17(13-15-20)22(28)26-21-11-7-8-18(16-21)23(29)25-19-9-5-4-6-10-19/h7-8,11-12,14,16,19,23,25,27,29H,4-6,9-10,13,15H2,1-3H3,(H,26,28). The molecule has 1 fully saturated rings. The maximum atomic E-state index is 12.7. The number of sulfonamides is 1. The van der Waals surface area contributed by atoms with Crippen LogP contribution in [0, 0.1) is 0 Å². The topological polar surface area (TPSA) is 108 Å². The molecule has 2 aliphatic rings. The molecule has 0 heterocycles. The molecular weight excluding hydrogens is 426 g/mol. The lowest BCUT2D eigenvalue weighted by atomic mass is 9.95. The van der Waals surface area contributed by atoms with E-state index in [0.29, 0.717) is 41.4 Å². The lowest BCUT2D eigenvalue weighted by Crippen LogP contribution is -2.39. The van der Waals surface area contributed by atoms with E-state index in [2.05, 4.69) is 15.4 Å². The molecule has 32 heavy (non-hydrogen) atoms. The maximum absolute atomic E-state index is 12.7. The van der Waals surface area contributed by atoms with Crippen LogP contribution in [-0.4, -0.2) is 30.2 Å². The van der Waals surface area contributed by atoms with E-state index < -0.39 is 21.0 Å². The van der Waals surface area contributed by atoms with E-state index in [9.17, 15) is 18.3 Å². The Morgan fingerprint density at radius 2 is 1.81 bits per heavy atom. The molecule has 0 saturated heterocycles. The predicted octanol–water partition coefficient (Wildman–Crippen LogP) is 3.86. The molecule has 1 unspecified atom stereocenters. The predicted molar refractivity (Wildman–Crippen MR) is 127 cm³/mol. The normalized spacial score (nSPS) is 19.0. The van der Waals surface area contributed by atoms with Gasteiger partial charge in [0, 0.05) is 23.0 Å². The number of benzene rings is 1. The van der Waals surface area contributed by atoms with Crippen molar-refractivity contribution in [2.45, 2.75) is 82.7 Å². The Hall–Kier alpha value is -2.16. The van der Waals surface area contributed by atoms with E-state index in [4.69, 9.17) is 0 Å². The Balaban J connectivity index is 1.60. The van der Waals surface area contributed by atoms with Crippen LogP contribution in [0.3, 0.4) is 0 Å². The molecule has 2 aliphatic carbocycles. The number of nitrogens with one attached hydrogen (secondary N) is 3. The number of rotatable bonds is 7. The van der Waals surface area contributed by atoms with Crippen LogP contribution in [0.5, 0.6) is 0 Å². The zero-order chi connectivity index (χ0) is 23.4. The molecule has 0 aliphatic heterocycles. The van der Waals surface area contributed by atoms with Gasteiger partial charge >= 0.3 is 0 Å². The van der Waals surface area contributed by atoms with Gasteiger partial charge in [0.25, 0.3) is 5.91 Å². The Labute approximate surface area is 191 Å². The average Bonchev–Trinajstić information content (AvgIpc) is 2.74. The number of anilines is 1. The van der Waals surface area contributed by atoms with Gasteiger partial charge in [-0.05, 0) is 70.2 Å². The van der Waals surface area contributed by atoms with Crippen molar-refractivity contribution in [2.75, 3.05) is 5.32 Å². The molecule has 1 aromatic carbocycles. The monoisotopic (exact) mass is 461 g/mol. The van der Waals surface area contributed by atoms with Crippen LogP contribution < -0.4 is 15.4 Å². The Kier molecular flexibility index (Phi) is 7.79. The minimum absolute atomic E-state index is 0.231. The SMILES string of the molecule is CC(C)(C)S(=O)(=O)NC1=CC=C(C(=O)Nc2cccc(C(O)NC3CCCCC3)c2)CC1. The fraction of sp³-hybridized carbons (Fsp3) is 0.542. The number of hydrogen-bond donors (Lipinski definition) is 4. The third-order valence-electron chi connectivity index (χ3n) is 5.97. The fourth-order valence-corrected chi connectivity index (χ4v) is 4.65. The molecular formula is C24H35N3O4S. The van der Waals surface area contributed by atoms with Crippen molar-refractivity contribution >= 4 is 21.6 Å². The van der Waals surface area contributed by atoms with Crippen molar-refractivity contribution in [1.82, 2.24) is 10.0 Å². The highest BCUT2D eigenvalue weighted by Gasteiger charge is 2.30. The van der Waals surface area contributed by atoms with Gasteiger partial charge in [-0.25, -0.2) is 8.42 Å². The van der Waals surface area contributed by atoms with E-state index in [-0.39, 0.29) is 5.91 Å². The smallest absolute Gasteiger partial charge is 0.251 e. The number of hydrogen-bond acceptors (Lipinski definition) is 5. The first-order chi connectivity index (χ1) is 15.0. The first kappa shape index (κ1) is 24.5. The molecule has 0 spiro atoms. The molecule has 176 valence electrons. The second kappa shape index (κ2) is 10.2. The van der Waals surface area contributed by atoms with Gasteiger partial charge in [0.1, 0.15) is 6.23 Å². The van der Waals surface area contributed by atoms with Crippen LogP contribution in [0.25, 0.3) is 0 Å². The van der Waals surface area contributed by atoms with Gasteiger partial charge in [0.15, 0.2) is 0 Å². The summed E-state index contributed by atoms with van der Waals surface area (Å²) < 4.78 is 26.3. The summed E-state index contributed by atoms with van der Waals surface area (Å²) in [4.78, 5) is 12.7.